The second-order valence-corrected chi connectivity index (χ2v) is 2.69. The lowest BCUT2D eigenvalue weighted by Crippen LogP contribution is -1.90. The average Bonchev–Trinajstić information content (AvgIpc) is 2.04. The number of hydrogen-bond acceptors (Lipinski definition) is 3. The van der Waals surface area contributed by atoms with Gasteiger partial charge in [0.2, 0.25) is 0 Å². The van der Waals surface area contributed by atoms with Crippen molar-refractivity contribution in [2.24, 2.45) is 0 Å². The molecule has 4 heteroatoms. The Morgan fingerprint density at radius 2 is 2.45 bits per heavy atom. The highest BCUT2D eigenvalue weighted by Gasteiger charge is 2.01. The van der Waals surface area contributed by atoms with Crippen LogP contribution in [-0.2, 0) is 0 Å². The number of halogens is 1. The van der Waals surface area contributed by atoms with E-state index in [-0.39, 0.29) is 5.56 Å². The number of carbonyl (C=O) groups excluding carboxylic acids is 1. The first-order chi connectivity index (χ1) is 5.27. The fourth-order valence-corrected chi connectivity index (χ4v) is 1.00. The van der Waals surface area contributed by atoms with Crippen LogP contribution >= 0.6 is 11.8 Å². The molecule has 0 aliphatic rings. The van der Waals surface area contributed by atoms with Crippen LogP contribution in [0.5, 0.6) is 0 Å². The zero-order chi connectivity index (χ0) is 8.27. The van der Waals surface area contributed by atoms with Gasteiger partial charge in [-0.25, -0.2) is 9.37 Å². The number of thioether (sulfide) groups is 1. The van der Waals surface area contributed by atoms with E-state index in [0.717, 1.165) is 0 Å². The van der Waals surface area contributed by atoms with Gasteiger partial charge in [0.15, 0.2) is 6.29 Å². The third-order valence-corrected chi connectivity index (χ3v) is 1.83. The van der Waals surface area contributed by atoms with E-state index in [2.05, 4.69) is 4.98 Å². The Kier molecular flexibility index (Phi) is 2.59. The Balaban J connectivity index is 3.09. The van der Waals surface area contributed by atoms with E-state index in [0.29, 0.717) is 11.3 Å². The fraction of sp³-hybridized carbons (Fsp3) is 0.143. The van der Waals surface area contributed by atoms with Crippen molar-refractivity contribution in [1.29, 1.82) is 0 Å². The van der Waals surface area contributed by atoms with Gasteiger partial charge in [-0.3, -0.25) is 4.79 Å². The molecule has 58 valence electrons. The number of aromatic nitrogens is 1. The summed E-state index contributed by atoms with van der Waals surface area (Å²) in [6.07, 6.45) is 3.48. The molecule has 0 aliphatic carbocycles. The van der Waals surface area contributed by atoms with Crippen molar-refractivity contribution in [2.45, 2.75) is 5.03 Å². The summed E-state index contributed by atoms with van der Waals surface area (Å²) >= 11 is 1.34. The summed E-state index contributed by atoms with van der Waals surface area (Å²) in [4.78, 5) is 14.0. The summed E-state index contributed by atoms with van der Waals surface area (Å²) in [7, 11) is 0. The summed E-state index contributed by atoms with van der Waals surface area (Å²) in [5, 5.41) is 0.577. The van der Waals surface area contributed by atoms with Gasteiger partial charge in [-0.1, -0.05) is 0 Å². The first kappa shape index (κ1) is 8.20. The van der Waals surface area contributed by atoms with E-state index < -0.39 is 5.82 Å². The van der Waals surface area contributed by atoms with E-state index in [4.69, 9.17) is 0 Å². The molecule has 0 aliphatic heterocycles. The monoisotopic (exact) mass is 171 g/mol. The van der Waals surface area contributed by atoms with Gasteiger partial charge in [0.25, 0.3) is 0 Å². The summed E-state index contributed by atoms with van der Waals surface area (Å²) in [6.45, 7) is 0. The number of hydrogen-bond donors (Lipinski definition) is 0. The summed E-state index contributed by atoms with van der Waals surface area (Å²) < 4.78 is 12.8. The molecule has 0 N–H and O–H groups in total. The van der Waals surface area contributed by atoms with Gasteiger partial charge < -0.3 is 0 Å². The molecule has 0 bridgehead atoms. The fourth-order valence-electron chi connectivity index (χ4n) is 0.622. The third-order valence-electron chi connectivity index (χ3n) is 1.19. The Bertz CT molecular complexity index is 277. The molecule has 0 unspecified atom stereocenters. The van der Waals surface area contributed by atoms with E-state index >= 15 is 0 Å². The maximum Gasteiger partial charge on any atom is 0.154 e. The molecule has 0 amide bonds. The van der Waals surface area contributed by atoms with Crippen LogP contribution in [0.25, 0.3) is 0 Å². The van der Waals surface area contributed by atoms with Crippen LogP contribution in [-0.4, -0.2) is 17.5 Å². The highest BCUT2D eigenvalue weighted by Crippen LogP contribution is 2.13. The van der Waals surface area contributed by atoms with Crippen molar-refractivity contribution in [1.82, 2.24) is 4.98 Å². The molecular formula is C7H6FNOS. The molecule has 0 spiro atoms. The molecule has 11 heavy (non-hydrogen) atoms. The Labute approximate surface area is 67.8 Å². The smallest absolute Gasteiger partial charge is 0.154 e. The first-order valence-electron chi connectivity index (χ1n) is 2.92. The molecule has 0 radical (unpaired) electrons. The van der Waals surface area contributed by atoms with Crippen molar-refractivity contribution in [3.63, 3.8) is 0 Å². The number of aldehydes is 1. The van der Waals surface area contributed by atoms with Gasteiger partial charge in [-0.2, -0.15) is 0 Å². The second-order valence-electron chi connectivity index (χ2n) is 1.87. The standard InChI is InChI=1S/C7H6FNOS/c1-11-7-2-6(8)5(4-10)3-9-7/h2-4H,1H3. The van der Waals surface area contributed by atoms with Gasteiger partial charge in [0.05, 0.1) is 10.6 Å². The second kappa shape index (κ2) is 3.48. The Hall–Kier alpha value is -0.900. The van der Waals surface area contributed by atoms with Gasteiger partial charge in [0.1, 0.15) is 5.82 Å². The quantitative estimate of drug-likeness (QED) is 0.501. The van der Waals surface area contributed by atoms with E-state index in [9.17, 15) is 9.18 Å². The van der Waals surface area contributed by atoms with E-state index in [1.54, 1.807) is 6.26 Å². The molecule has 0 saturated carbocycles. The SMILES string of the molecule is CSc1cc(F)c(C=O)cn1. The lowest BCUT2D eigenvalue weighted by atomic mass is 10.3. The number of nitrogens with zero attached hydrogens (tertiary/aromatic N) is 1. The average molecular weight is 171 g/mol. The van der Waals surface area contributed by atoms with Gasteiger partial charge >= 0.3 is 0 Å². The normalized spacial score (nSPS) is 9.64. The number of carbonyl (C=O) groups is 1. The zero-order valence-electron chi connectivity index (χ0n) is 5.87. The van der Waals surface area contributed by atoms with Crippen LogP contribution < -0.4 is 0 Å². The molecule has 0 saturated heterocycles. The first-order valence-corrected chi connectivity index (χ1v) is 4.15. The number of rotatable bonds is 2. The minimum absolute atomic E-state index is 0.00259. The molecule has 1 heterocycles. The van der Waals surface area contributed by atoms with Crippen molar-refractivity contribution >= 4 is 18.0 Å². The topological polar surface area (TPSA) is 30.0 Å². The lowest BCUT2D eigenvalue weighted by Gasteiger charge is -1.95. The van der Waals surface area contributed by atoms with Gasteiger partial charge in [-0.15, -0.1) is 11.8 Å². The van der Waals surface area contributed by atoms with Crippen LogP contribution in [0.2, 0.25) is 0 Å². The van der Waals surface area contributed by atoms with Crippen LogP contribution in [0.3, 0.4) is 0 Å². The summed E-state index contributed by atoms with van der Waals surface area (Å²) in [5.41, 5.74) is 0.00259. The van der Waals surface area contributed by atoms with Crippen LogP contribution in [0, 0.1) is 5.82 Å². The van der Waals surface area contributed by atoms with Gasteiger partial charge in [-0.05, 0) is 6.26 Å². The van der Waals surface area contributed by atoms with E-state index in [1.165, 1.54) is 24.0 Å². The Morgan fingerprint density at radius 3 is 2.91 bits per heavy atom. The predicted molar refractivity (Wildman–Crippen MR) is 41.4 cm³/mol. The van der Waals surface area contributed by atoms with Crippen molar-refractivity contribution < 1.29 is 9.18 Å². The molecule has 1 aromatic heterocycles. The minimum atomic E-state index is -0.514. The van der Waals surface area contributed by atoms with Gasteiger partial charge in [0, 0.05) is 12.3 Å². The predicted octanol–water partition coefficient (Wildman–Crippen LogP) is 1.76. The highest BCUT2D eigenvalue weighted by molar-refractivity contribution is 7.98. The molecule has 0 fully saturated rings. The molecular weight excluding hydrogens is 165 g/mol. The lowest BCUT2D eigenvalue weighted by molar-refractivity contribution is 0.111. The summed E-state index contributed by atoms with van der Waals surface area (Å²) in [6, 6.07) is 1.24. The van der Waals surface area contributed by atoms with E-state index in [1.807, 2.05) is 0 Å². The molecule has 2 nitrogen and oxygen atoms in total. The third kappa shape index (κ3) is 1.77. The molecule has 0 aromatic carbocycles. The largest absolute Gasteiger partial charge is 0.298 e. The molecule has 1 aromatic rings. The van der Waals surface area contributed by atoms with Crippen molar-refractivity contribution in [3.05, 3.63) is 23.6 Å². The molecule has 1 rings (SSSR count). The van der Waals surface area contributed by atoms with Crippen molar-refractivity contribution in [2.75, 3.05) is 6.26 Å². The number of pyridine rings is 1. The summed E-state index contributed by atoms with van der Waals surface area (Å²) in [5.74, 6) is -0.514. The minimum Gasteiger partial charge on any atom is -0.298 e. The Morgan fingerprint density at radius 1 is 1.73 bits per heavy atom. The van der Waals surface area contributed by atoms with Crippen molar-refractivity contribution in [3.8, 4) is 0 Å². The van der Waals surface area contributed by atoms with Crippen LogP contribution in [0.4, 0.5) is 4.39 Å². The maximum absolute atomic E-state index is 12.8. The van der Waals surface area contributed by atoms with Crippen LogP contribution in [0.15, 0.2) is 17.3 Å². The molecule has 0 atom stereocenters. The maximum atomic E-state index is 12.8. The zero-order valence-corrected chi connectivity index (χ0v) is 6.69. The highest BCUT2D eigenvalue weighted by atomic mass is 32.2. The van der Waals surface area contributed by atoms with Crippen LogP contribution in [0.1, 0.15) is 10.4 Å².